The molecule has 2 aliphatic rings. The maximum absolute atomic E-state index is 12.9. The predicted molar refractivity (Wildman–Crippen MR) is 120 cm³/mol. The fourth-order valence-electron chi connectivity index (χ4n) is 4.09. The number of esters is 2. The molecule has 0 N–H and O–H groups in total. The Balaban J connectivity index is 1.75. The highest BCUT2D eigenvalue weighted by Gasteiger charge is 2.42. The van der Waals surface area contributed by atoms with E-state index >= 15 is 0 Å². The maximum Gasteiger partial charge on any atom is 0.340 e. The molecular weight excluding hydrogens is 416 g/mol. The van der Waals surface area contributed by atoms with Crippen LogP contribution in [0.4, 0.5) is 0 Å². The van der Waals surface area contributed by atoms with Gasteiger partial charge in [0.25, 0.3) is 0 Å². The second kappa shape index (κ2) is 9.76. The highest BCUT2D eigenvalue weighted by atomic mass is 28.3. The first kappa shape index (κ1) is 23.2. The van der Waals surface area contributed by atoms with Gasteiger partial charge in [0.1, 0.15) is 17.6 Å². The van der Waals surface area contributed by atoms with Crippen molar-refractivity contribution in [3.05, 3.63) is 35.4 Å². The Morgan fingerprint density at radius 1 is 0.800 bits per heavy atom. The molecule has 2 unspecified atom stereocenters. The summed E-state index contributed by atoms with van der Waals surface area (Å²) in [6.07, 6.45) is 5.44. The third-order valence-electron chi connectivity index (χ3n) is 6.16. The molecule has 0 aliphatic carbocycles. The summed E-state index contributed by atoms with van der Waals surface area (Å²) in [5.74, 6) is -0.899. The minimum absolute atomic E-state index is 0.341. The van der Waals surface area contributed by atoms with Gasteiger partial charge in [-0.3, -0.25) is 0 Å². The molecule has 8 heteroatoms. The summed E-state index contributed by atoms with van der Waals surface area (Å²) >= 11 is 0. The van der Waals surface area contributed by atoms with Gasteiger partial charge in [-0.05, 0) is 43.9 Å². The van der Waals surface area contributed by atoms with Crippen molar-refractivity contribution in [1.29, 1.82) is 0 Å². The van der Waals surface area contributed by atoms with Crippen molar-refractivity contribution in [3.8, 4) is 0 Å². The number of hydrogen-bond acceptors (Lipinski definition) is 6. The molecule has 6 nitrogen and oxygen atoms in total. The minimum atomic E-state index is -1.41. The molecular formula is C22H34O6Si2. The molecule has 0 radical (unpaired) electrons. The fraction of sp³-hybridized carbons (Fsp3) is 0.636. The lowest BCUT2D eigenvalue weighted by atomic mass is 10.1. The summed E-state index contributed by atoms with van der Waals surface area (Å²) in [6, 6.07) is 6.58. The Bertz CT molecular complexity index is 692. The zero-order valence-electron chi connectivity index (χ0n) is 18.6. The van der Waals surface area contributed by atoms with Gasteiger partial charge in [0, 0.05) is 12.8 Å². The topological polar surface area (TPSA) is 71.1 Å². The van der Waals surface area contributed by atoms with Crippen LogP contribution in [0, 0.1) is 0 Å². The minimum Gasteiger partial charge on any atom is -0.434 e. The van der Waals surface area contributed by atoms with E-state index in [-0.39, 0.29) is 0 Å². The molecule has 0 saturated carbocycles. The summed E-state index contributed by atoms with van der Waals surface area (Å²) in [6.45, 7) is 9.76. The molecule has 2 saturated heterocycles. The molecule has 2 atom stereocenters. The summed E-state index contributed by atoms with van der Waals surface area (Å²) < 4.78 is 23.7. The van der Waals surface area contributed by atoms with Crippen molar-refractivity contribution in [2.24, 2.45) is 0 Å². The molecule has 2 aliphatic heterocycles. The van der Waals surface area contributed by atoms with Crippen LogP contribution >= 0.6 is 0 Å². The molecule has 0 aromatic heterocycles. The van der Waals surface area contributed by atoms with E-state index in [4.69, 9.17) is 18.9 Å². The molecule has 2 heterocycles. The highest BCUT2D eigenvalue weighted by molar-refractivity contribution is 6.59. The number of carbonyl (C=O) groups is 2. The lowest BCUT2D eigenvalue weighted by molar-refractivity contribution is -0.170. The van der Waals surface area contributed by atoms with Crippen LogP contribution in [0.2, 0.25) is 26.2 Å². The molecule has 0 spiro atoms. The highest BCUT2D eigenvalue weighted by Crippen LogP contribution is 2.32. The molecule has 3 rings (SSSR count). The van der Waals surface area contributed by atoms with Crippen molar-refractivity contribution in [2.75, 3.05) is 13.2 Å². The summed E-state index contributed by atoms with van der Waals surface area (Å²) in [5.41, 5.74) is -0.856. The Morgan fingerprint density at radius 2 is 1.23 bits per heavy atom. The molecule has 30 heavy (non-hydrogen) atoms. The smallest absolute Gasteiger partial charge is 0.340 e. The van der Waals surface area contributed by atoms with Gasteiger partial charge in [-0.2, -0.15) is 0 Å². The van der Waals surface area contributed by atoms with Crippen LogP contribution < -0.4 is 0 Å². The molecule has 0 bridgehead atoms. The normalized spacial score (nSPS) is 27.1. The number of carbonyl (C=O) groups excluding carboxylic acids is 2. The van der Waals surface area contributed by atoms with E-state index in [1.54, 1.807) is 24.3 Å². The number of ether oxygens (including phenoxy) is 4. The second-order valence-corrected chi connectivity index (χ2v) is 15.3. The average molecular weight is 451 g/mol. The Hall–Kier alpha value is -1.49. The first-order valence-electron chi connectivity index (χ1n) is 11.1. The van der Waals surface area contributed by atoms with Crippen LogP contribution in [-0.2, 0) is 18.9 Å². The third kappa shape index (κ3) is 5.04. The van der Waals surface area contributed by atoms with Crippen molar-refractivity contribution in [2.45, 2.75) is 75.5 Å². The lowest BCUT2D eigenvalue weighted by Crippen LogP contribution is -2.51. The van der Waals surface area contributed by atoms with Crippen LogP contribution in [0.15, 0.2) is 24.3 Å². The largest absolute Gasteiger partial charge is 0.434 e. The zero-order valence-corrected chi connectivity index (χ0v) is 20.9. The quantitative estimate of drug-likeness (QED) is 0.484. The van der Waals surface area contributed by atoms with Crippen molar-refractivity contribution < 1.29 is 28.5 Å². The van der Waals surface area contributed by atoms with Gasteiger partial charge in [-0.15, -0.1) is 0 Å². The molecule has 1 aromatic carbocycles. The van der Waals surface area contributed by atoms with E-state index in [2.05, 4.69) is 26.2 Å². The van der Waals surface area contributed by atoms with Gasteiger partial charge >= 0.3 is 11.9 Å². The van der Waals surface area contributed by atoms with Gasteiger partial charge in [-0.25, -0.2) is 9.59 Å². The van der Waals surface area contributed by atoms with Crippen molar-refractivity contribution >= 4 is 29.5 Å². The monoisotopic (exact) mass is 450 g/mol. The molecule has 1 aromatic rings. The van der Waals surface area contributed by atoms with Gasteiger partial charge in [0.15, 0.2) is 10.8 Å². The number of rotatable bonds is 6. The van der Waals surface area contributed by atoms with E-state index < -0.39 is 40.4 Å². The van der Waals surface area contributed by atoms with E-state index in [0.717, 1.165) is 38.5 Å². The van der Waals surface area contributed by atoms with E-state index in [1.165, 1.54) is 0 Å². The Labute approximate surface area is 182 Å². The second-order valence-electron chi connectivity index (χ2n) is 8.90. The Morgan fingerprint density at radius 3 is 1.57 bits per heavy atom. The van der Waals surface area contributed by atoms with Gasteiger partial charge in [-0.1, -0.05) is 32.3 Å². The number of benzene rings is 1. The molecule has 166 valence electrons. The summed E-state index contributed by atoms with van der Waals surface area (Å²) in [4.78, 5) is 25.8. The van der Waals surface area contributed by atoms with Crippen LogP contribution in [0.3, 0.4) is 0 Å². The number of hydrogen-bond donors (Lipinski definition) is 0. The Kier molecular flexibility index (Phi) is 7.54. The van der Waals surface area contributed by atoms with Crippen molar-refractivity contribution in [3.63, 3.8) is 0 Å². The maximum atomic E-state index is 12.9. The third-order valence-corrected chi connectivity index (χ3v) is 10.8. The first-order valence-corrected chi connectivity index (χ1v) is 16.9. The van der Waals surface area contributed by atoms with E-state index in [1.807, 2.05) is 0 Å². The van der Waals surface area contributed by atoms with Crippen LogP contribution in [0.5, 0.6) is 0 Å². The summed E-state index contributed by atoms with van der Waals surface area (Å²) in [5, 5.41) is 0. The van der Waals surface area contributed by atoms with Crippen molar-refractivity contribution in [1.82, 2.24) is 0 Å². The van der Waals surface area contributed by atoms with Crippen LogP contribution in [0.1, 0.15) is 59.2 Å². The van der Waals surface area contributed by atoms with Gasteiger partial charge < -0.3 is 18.9 Å². The predicted octanol–water partition coefficient (Wildman–Crippen LogP) is 3.85. The van der Waals surface area contributed by atoms with Gasteiger partial charge in [0.05, 0.1) is 24.3 Å². The SMILES string of the molecule is C[SiH](C)C1(OC(=O)c2cccc(C(=O)OC3([SiH](C)C)CCCCO3)c2)CCCCO1. The fourth-order valence-corrected chi connectivity index (χ4v) is 7.24. The first-order chi connectivity index (χ1) is 14.3. The lowest BCUT2D eigenvalue weighted by Gasteiger charge is -2.39. The van der Waals surface area contributed by atoms with Crippen LogP contribution in [-0.4, -0.2) is 53.6 Å². The standard InChI is InChI=1S/C22H34O6Si2/c1-29(2)21(12-5-7-14-25-21)27-19(23)17-10-9-11-18(16-17)20(24)28-22(30(3)4)13-6-8-15-26-22/h9-11,16,29-30H,5-8,12-15H2,1-4H3. The molecule has 2 fully saturated rings. The molecule has 0 amide bonds. The zero-order chi connectivity index (χ0) is 21.8. The van der Waals surface area contributed by atoms with Gasteiger partial charge in [0.2, 0.25) is 0 Å². The van der Waals surface area contributed by atoms with E-state index in [9.17, 15) is 9.59 Å². The van der Waals surface area contributed by atoms with Crippen LogP contribution in [0.25, 0.3) is 0 Å². The summed E-state index contributed by atoms with van der Waals surface area (Å²) in [7, 11) is -2.83. The average Bonchev–Trinajstić information content (AvgIpc) is 2.75. The van der Waals surface area contributed by atoms with E-state index in [0.29, 0.717) is 24.3 Å².